The highest BCUT2D eigenvalue weighted by Gasteiger charge is 2.19. The molecule has 1 heterocycles. The Morgan fingerprint density at radius 1 is 1.14 bits per heavy atom. The maximum absolute atomic E-state index is 12.3. The molecule has 2 amide bonds. The second-order valence-electron chi connectivity index (χ2n) is 4.53. The molecule has 0 unspecified atom stereocenters. The van der Waals surface area contributed by atoms with Crippen LogP contribution in [0.25, 0.3) is 0 Å². The molecule has 6 nitrogen and oxygen atoms in total. The molecule has 0 atom stereocenters. The zero-order chi connectivity index (χ0) is 16.3. The third kappa shape index (κ3) is 3.90. The van der Waals surface area contributed by atoms with Crippen LogP contribution in [0.4, 0.5) is 16.2 Å². The normalized spacial score (nSPS) is 11.0. The molecule has 0 saturated heterocycles. The number of carbonyl (C=O) groups excluding carboxylic acids is 1. The molecule has 0 fully saturated rings. The highest BCUT2D eigenvalue weighted by Crippen LogP contribution is 2.29. The Bertz CT molecular complexity index is 787. The summed E-state index contributed by atoms with van der Waals surface area (Å²) in [6, 6.07) is 9.14. The Balaban J connectivity index is 2.28. The number of thiophene rings is 1. The van der Waals surface area contributed by atoms with E-state index >= 15 is 0 Å². The fraction of sp³-hybridized carbons (Fsp3) is 0.154. The number of sulfonamides is 1. The Kier molecular flexibility index (Phi) is 4.94. The molecule has 0 bridgehead atoms. The lowest BCUT2D eigenvalue weighted by Crippen LogP contribution is -2.27. The fourth-order valence-electron chi connectivity index (χ4n) is 1.55. The molecule has 2 aromatic rings. The van der Waals surface area contributed by atoms with Crippen LogP contribution < -0.4 is 10.0 Å². The monoisotopic (exact) mass is 359 g/mol. The van der Waals surface area contributed by atoms with Gasteiger partial charge in [0.1, 0.15) is 4.21 Å². The molecule has 0 radical (unpaired) electrons. The highest BCUT2D eigenvalue weighted by atomic mass is 35.5. The van der Waals surface area contributed by atoms with Gasteiger partial charge in [-0.3, -0.25) is 4.72 Å². The SMILES string of the molecule is CN(C)C(=O)Nc1ccccc1NS(=O)(=O)c1ccc(Cl)s1. The van der Waals surface area contributed by atoms with E-state index in [1.807, 2.05) is 0 Å². The minimum absolute atomic E-state index is 0.103. The first-order valence-electron chi connectivity index (χ1n) is 6.15. The smallest absolute Gasteiger partial charge is 0.321 e. The molecule has 2 rings (SSSR count). The number of halogens is 1. The first kappa shape index (κ1) is 16.6. The van der Waals surface area contributed by atoms with Gasteiger partial charge in [-0.15, -0.1) is 11.3 Å². The van der Waals surface area contributed by atoms with Crippen LogP contribution in [0.1, 0.15) is 0 Å². The van der Waals surface area contributed by atoms with E-state index in [0.717, 1.165) is 11.3 Å². The Morgan fingerprint density at radius 3 is 2.32 bits per heavy atom. The third-order valence-electron chi connectivity index (χ3n) is 2.63. The van der Waals surface area contributed by atoms with E-state index in [9.17, 15) is 13.2 Å². The van der Waals surface area contributed by atoms with Crippen LogP contribution in [-0.4, -0.2) is 33.4 Å². The number of hydrogen-bond donors (Lipinski definition) is 2. The van der Waals surface area contributed by atoms with Crippen molar-refractivity contribution in [3.63, 3.8) is 0 Å². The predicted molar refractivity (Wildman–Crippen MR) is 89.3 cm³/mol. The summed E-state index contributed by atoms with van der Waals surface area (Å²) in [4.78, 5) is 13.1. The number of nitrogens with one attached hydrogen (secondary N) is 2. The number of para-hydroxylation sites is 2. The van der Waals surface area contributed by atoms with Crippen LogP contribution in [0.2, 0.25) is 4.34 Å². The lowest BCUT2D eigenvalue weighted by Gasteiger charge is -2.15. The van der Waals surface area contributed by atoms with Crippen molar-refractivity contribution in [3.8, 4) is 0 Å². The summed E-state index contributed by atoms with van der Waals surface area (Å²) in [5.74, 6) is 0. The van der Waals surface area contributed by atoms with Crippen molar-refractivity contribution in [1.82, 2.24) is 4.90 Å². The number of amides is 2. The number of carbonyl (C=O) groups is 1. The first-order chi connectivity index (χ1) is 10.3. The van der Waals surface area contributed by atoms with Crippen molar-refractivity contribution < 1.29 is 13.2 Å². The maximum Gasteiger partial charge on any atom is 0.321 e. The van der Waals surface area contributed by atoms with Crippen LogP contribution in [0.3, 0.4) is 0 Å². The number of hydrogen-bond acceptors (Lipinski definition) is 4. The minimum Gasteiger partial charge on any atom is -0.331 e. The van der Waals surface area contributed by atoms with E-state index in [1.165, 1.54) is 17.0 Å². The summed E-state index contributed by atoms with van der Waals surface area (Å²) in [5.41, 5.74) is 0.648. The average molecular weight is 360 g/mol. The van der Waals surface area contributed by atoms with Crippen LogP contribution in [0, 0.1) is 0 Å². The van der Waals surface area contributed by atoms with Gasteiger partial charge in [-0.05, 0) is 24.3 Å². The molecular weight excluding hydrogens is 346 g/mol. The predicted octanol–water partition coefficient (Wildman–Crippen LogP) is 3.30. The minimum atomic E-state index is -3.75. The first-order valence-corrected chi connectivity index (χ1v) is 8.83. The summed E-state index contributed by atoms with van der Waals surface area (Å²) in [5, 5.41) is 2.63. The second kappa shape index (κ2) is 6.55. The van der Waals surface area contributed by atoms with Gasteiger partial charge < -0.3 is 10.2 Å². The fourth-order valence-corrected chi connectivity index (χ4v) is 4.11. The van der Waals surface area contributed by atoms with Crippen LogP contribution >= 0.6 is 22.9 Å². The van der Waals surface area contributed by atoms with E-state index in [0.29, 0.717) is 10.0 Å². The number of nitrogens with zero attached hydrogens (tertiary/aromatic N) is 1. The van der Waals surface area contributed by atoms with Gasteiger partial charge in [0.05, 0.1) is 15.7 Å². The van der Waals surface area contributed by atoms with Gasteiger partial charge in [0.25, 0.3) is 10.0 Å². The zero-order valence-corrected chi connectivity index (χ0v) is 14.2. The van der Waals surface area contributed by atoms with Crippen molar-refractivity contribution in [2.45, 2.75) is 4.21 Å². The summed E-state index contributed by atoms with van der Waals surface area (Å²) in [6.45, 7) is 0. The van der Waals surface area contributed by atoms with Crippen molar-refractivity contribution in [2.24, 2.45) is 0 Å². The highest BCUT2D eigenvalue weighted by molar-refractivity contribution is 7.94. The lowest BCUT2D eigenvalue weighted by atomic mass is 10.3. The maximum atomic E-state index is 12.3. The van der Waals surface area contributed by atoms with Gasteiger partial charge >= 0.3 is 6.03 Å². The average Bonchev–Trinajstić information content (AvgIpc) is 2.88. The number of anilines is 2. The van der Waals surface area contributed by atoms with Crippen LogP contribution in [0.15, 0.2) is 40.6 Å². The summed E-state index contributed by atoms with van der Waals surface area (Å²) >= 11 is 6.73. The Hall–Kier alpha value is -1.77. The molecule has 0 saturated carbocycles. The molecule has 0 aliphatic carbocycles. The zero-order valence-electron chi connectivity index (χ0n) is 11.8. The topological polar surface area (TPSA) is 78.5 Å². The van der Waals surface area contributed by atoms with E-state index in [1.54, 1.807) is 38.4 Å². The van der Waals surface area contributed by atoms with E-state index in [2.05, 4.69) is 10.0 Å². The summed E-state index contributed by atoms with van der Waals surface area (Å²) in [7, 11) is -0.566. The van der Waals surface area contributed by atoms with Gasteiger partial charge in [-0.2, -0.15) is 0 Å². The molecular formula is C13H14ClN3O3S2. The number of rotatable bonds is 4. The molecule has 118 valence electrons. The van der Waals surface area contributed by atoms with Crippen LogP contribution in [0.5, 0.6) is 0 Å². The molecule has 0 spiro atoms. The quantitative estimate of drug-likeness (QED) is 0.879. The summed E-state index contributed by atoms with van der Waals surface area (Å²) < 4.78 is 27.5. The van der Waals surface area contributed by atoms with Gasteiger partial charge in [0, 0.05) is 14.1 Å². The standard InChI is InChI=1S/C13H14ClN3O3S2/c1-17(2)13(18)15-9-5-3-4-6-10(9)16-22(19,20)12-8-7-11(14)21-12/h3-8,16H,1-2H3,(H,15,18). The number of urea groups is 1. The lowest BCUT2D eigenvalue weighted by molar-refractivity contribution is 0.230. The molecule has 9 heteroatoms. The molecule has 1 aromatic carbocycles. The largest absolute Gasteiger partial charge is 0.331 e. The third-order valence-corrected chi connectivity index (χ3v) is 5.72. The summed E-state index contributed by atoms with van der Waals surface area (Å²) in [6.07, 6.45) is 0. The van der Waals surface area contributed by atoms with Crippen LogP contribution in [-0.2, 0) is 10.0 Å². The van der Waals surface area contributed by atoms with Crippen molar-refractivity contribution >= 4 is 50.4 Å². The number of benzene rings is 1. The molecule has 1 aromatic heterocycles. The Morgan fingerprint density at radius 2 is 1.77 bits per heavy atom. The van der Waals surface area contributed by atoms with E-state index in [-0.39, 0.29) is 15.9 Å². The van der Waals surface area contributed by atoms with Crippen molar-refractivity contribution in [3.05, 3.63) is 40.7 Å². The Labute approximate surface area is 137 Å². The molecule has 22 heavy (non-hydrogen) atoms. The van der Waals surface area contributed by atoms with E-state index in [4.69, 9.17) is 11.6 Å². The van der Waals surface area contributed by atoms with Gasteiger partial charge in [-0.1, -0.05) is 23.7 Å². The second-order valence-corrected chi connectivity index (χ2v) is 8.16. The van der Waals surface area contributed by atoms with Crippen molar-refractivity contribution in [1.29, 1.82) is 0 Å². The van der Waals surface area contributed by atoms with Gasteiger partial charge in [0.15, 0.2) is 0 Å². The molecule has 2 N–H and O–H groups in total. The molecule has 0 aliphatic rings. The molecule has 0 aliphatic heterocycles. The van der Waals surface area contributed by atoms with Gasteiger partial charge in [-0.25, -0.2) is 13.2 Å². The van der Waals surface area contributed by atoms with Crippen molar-refractivity contribution in [2.75, 3.05) is 24.1 Å². The van der Waals surface area contributed by atoms with Gasteiger partial charge in [0.2, 0.25) is 0 Å². The van der Waals surface area contributed by atoms with E-state index < -0.39 is 10.0 Å².